The number of hydrogen-bond acceptors (Lipinski definition) is 7. The molecule has 0 aliphatic heterocycles. The topological polar surface area (TPSA) is 103 Å². The second-order valence-electron chi connectivity index (χ2n) is 6.43. The van der Waals surface area contributed by atoms with Crippen LogP contribution in [0.25, 0.3) is 11.0 Å². The fraction of sp³-hybridized carbons (Fsp3) is 0.190. The third kappa shape index (κ3) is 4.46. The van der Waals surface area contributed by atoms with Crippen molar-refractivity contribution in [2.75, 3.05) is 7.11 Å². The second-order valence-corrected chi connectivity index (χ2v) is 6.43. The summed E-state index contributed by atoms with van der Waals surface area (Å²) < 4.78 is 23.2. The predicted molar refractivity (Wildman–Crippen MR) is 113 cm³/mol. The SMILES string of the molecule is Br.COc1cc(OCc2ccccc2)c2cc(C(=O)Cn3nc(C)oc3=N)oc2c1. The van der Waals surface area contributed by atoms with Crippen molar-refractivity contribution in [1.82, 2.24) is 9.78 Å². The molecule has 2 aromatic carbocycles. The molecule has 4 rings (SSSR count). The van der Waals surface area contributed by atoms with Gasteiger partial charge in [-0.05, 0) is 11.6 Å². The number of furan rings is 1. The van der Waals surface area contributed by atoms with Gasteiger partial charge < -0.3 is 18.3 Å². The Hall–Kier alpha value is -3.33. The minimum absolute atomic E-state index is 0. The highest BCUT2D eigenvalue weighted by molar-refractivity contribution is 8.93. The van der Waals surface area contributed by atoms with Crippen molar-refractivity contribution in [1.29, 1.82) is 5.41 Å². The third-order valence-corrected chi connectivity index (χ3v) is 4.35. The molecule has 0 spiro atoms. The highest BCUT2D eigenvalue weighted by atomic mass is 79.9. The van der Waals surface area contributed by atoms with Gasteiger partial charge in [0, 0.05) is 19.1 Å². The molecule has 2 heterocycles. The molecule has 156 valence electrons. The summed E-state index contributed by atoms with van der Waals surface area (Å²) in [6.07, 6.45) is 0. The summed E-state index contributed by atoms with van der Waals surface area (Å²) in [6.45, 7) is 1.82. The summed E-state index contributed by atoms with van der Waals surface area (Å²) in [5, 5.41) is 12.4. The lowest BCUT2D eigenvalue weighted by molar-refractivity contribution is 0.0938. The molecule has 2 aromatic heterocycles. The van der Waals surface area contributed by atoms with Crippen molar-refractivity contribution in [2.24, 2.45) is 0 Å². The average molecular weight is 474 g/mol. The normalized spacial score (nSPS) is 10.6. The molecule has 9 heteroatoms. The van der Waals surface area contributed by atoms with Crippen LogP contribution < -0.4 is 15.2 Å². The zero-order valence-electron chi connectivity index (χ0n) is 16.4. The van der Waals surface area contributed by atoms with Gasteiger partial charge in [-0.1, -0.05) is 30.3 Å². The molecule has 0 aliphatic rings. The molecule has 0 radical (unpaired) electrons. The standard InChI is InChI=1S/C21H19N3O5.BrH/c1-13-23-24(21(22)28-13)11-17(25)20-10-16-18(8-15(26-2)9-19(16)29-20)27-12-14-6-4-3-5-7-14;/h3-10,22H,11-12H2,1-2H3;1H. The number of methoxy groups -OCH3 is 1. The number of halogens is 1. The van der Waals surface area contributed by atoms with Crippen molar-refractivity contribution in [3.8, 4) is 11.5 Å². The van der Waals surface area contributed by atoms with Crippen molar-refractivity contribution in [3.63, 3.8) is 0 Å². The third-order valence-electron chi connectivity index (χ3n) is 4.35. The van der Waals surface area contributed by atoms with E-state index in [9.17, 15) is 4.79 Å². The summed E-state index contributed by atoms with van der Waals surface area (Å²) in [4.78, 5) is 12.6. The minimum atomic E-state index is -0.332. The molecule has 1 N–H and O–H groups in total. The highest BCUT2D eigenvalue weighted by Crippen LogP contribution is 2.34. The highest BCUT2D eigenvalue weighted by Gasteiger charge is 2.18. The Morgan fingerprint density at radius 3 is 2.60 bits per heavy atom. The van der Waals surface area contributed by atoms with Gasteiger partial charge in [0.05, 0.1) is 12.5 Å². The quantitative estimate of drug-likeness (QED) is 0.406. The van der Waals surface area contributed by atoms with Crippen LogP contribution in [0.2, 0.25) is 0 Å². The van der Waals surface area contributed by atoms with Gasteiger partial charge in [-0.3, -0.25) is 4.79 Å². The Bertz CT molecular complexity index is 1230. The first-order valence-electron chi connectivity index (χ1n) is 8.94. The first-order valence-corrected chi connectivity index (χ1v) is 8.94. The molecule has 0 bridgehead atoms. The van der Waals surface area contributed by atoms with Gasteiger partial charge in [-0.2, -0.15) is 0 Å². The van der Waals surface area contributed by atoms with E-state index in [0.29, 0.717) is 35.0 Å². The molecule has 0 saturated carbocycles. The van der Waals surface area contributed by atoms with Gasteiger partial charge in [0.15, 0.2) is 5.76 Å². The van der Waals surface area contributed by atoms with E-state index in [4.69, 9.17) is 23.7 Å². The number of Topliss-reactive ketones (excluding diaryl/α,β-unsaturated/α-hetero) is 1. The maximum absolute atomic E-state index is 12.6. The molecular weight excluding hydrogens is 454 g/mol. The number of aryl methyl sites for hydroxylation is 1. The van der Waals surface area contributed by atoms with Gasteiger partial charge >= 0.3 is 5.68 Å². The number of carbonyl (C=O) groups is 1. The van der Waals surface area contributed by atoms with Gasteiger partial charge in [-0.25, -0.2) is 10.1 Å². The maximum Gasteiger partial charge on any atom is 0.312 e. The molecule has 0 aliphatic carbocycles. The van der Waals surface area contributed by atoms with Crippen LogP contribution in [0.4, 0.5) is 0 Å². The lowest BCUT2D eigenvalue weighted by Crippen LogP contribution is -2.21. The molecule has 4 aromatic rings. The number of ether oxygens (including phenoxy) is 2. The van der Waals surface area contributed by atoms with Crippen LogP contribution >= 0.6 is 17.0 Å². The Morgan fingerprint density at radius 2 is 1.93 bits per heavy atom. The summed E-state index contributed by atoms with van der Waals surface area (Å²) in [5.41, 5.74) is 1.30. The van der Waals surface area contributed by atoms with E-state index < -0.39 is 0 Å². The van der Waals surface area contributed by atoms with Crippen molar-refractivity contribution in [3.05, 3.63) is 71.4 Å². The fourth-order valence-electron chi connectivity index (χ4n) is 2.94. The van der Waals surface area contributed by atoms with Crippen LogP contribution in [0.15, 0.2) is 57.4 Å². The molecule has 30 heavy (non-hydrogen) atoms. The number of hydrogen-bond donors (Lipinski definition) is 1. The number of rotatable bonds is 7. The maximum atomic E-state index is 12.6. The minimum Gasteiger partial charge on any atom is -0.496 e. The van der Waals surface area contributed by atoms with E-state index in [1.807, 2.05) is 30.3 Å². The Morgan fingerprint density at radius 1 is 1.17 bits per heavy atom. The smallest absolute Gasteiger partial charge is 0.312 e. The van der Waals surface area contributed by atoms with Gasteiger partial charge in [-0.15, -0.1) is 22.1 Å². The van der Waals surface area contributed by atoms with E-state index in [1.165, 1.54) is 4.68 Å². The molecule has 0 unspecified atom stereocenters. The number of nitrogens with one attached hydrogen (secondary N) is 1. The van der Waals surface area contributed by atoms with Crippen LogP contribution in [0, 0.1) is 12.3 Å². The van der Waals surface area contributed by atoms with Crippen LogP contribution in [0.1, 0.15) is 22.0 Å². The summed E-state index contributed by atoms with van der Waals surface area (Å²) >= 11 is 0. The first kappa shape index (κ1) is 21.4. The van der Waals surface area contributed by atoms with E-state index in [1.54, 1.807) is 32.2 Å². The lowest BCUT2D eigenvalue weighted by Gasteiger charge is -2.09. The Kier molecular flexibility index (Phi) is 6.41. The number of carbonyl (C=O) groups excluding carboxylic acids is 1. The van der Waals surface area contributed by atoms with E-state index in [2.05, 4.69) is 5.10 Å². The molecular formula is C21H20BrN3O5. The molecule has 0 amide bonds. The van der Waals surface area contributed by atoms with Crippen molar-refractivity contribution >= 4 is 33.7 Å². The zero-order valence-corrected chi connectivity index (χ0v) is 18.1. The molecule has 8 nitrogen and oxygen atoms in total. The molecule has 0 atom stereocenters. The van der Waals surface area contributed by atoms with Gasteiger partial charge in [0.2, 0.25) is 11.7 Å². The summed E-state index contributed by atoms with van der Waals surface area (Å²) in [5.74, 6) is 1.24. The number of ketones is 1. The monoisotopic (exact) mass is 473 g/mol. The average Bonchev–Trinajstić information content (AvgIpc) is 3.29. The van der Waals surface area contributed by atoms with Crippen molar-refractivity contribution in [2.45, 2.75) is 20.1 Å². The number of aromatic nitrogens is 2. The van der Waals surface area contributed by atoms with Crippen LogP contribution in [-0.2, 0) is 13.2 Å². The summed E-state index contributed by atoms with van der Waals surface area (Å²) in [6, 6.07) is 14.9. The van der Waals surface area contributed by atoms with E-state index in [-0.39, 0.29) is 40.8 Å². The van der Waals surface area contributed by atoms with E-state index in [0.717, 1.165) is 5.56 Å². The molecule has 0 saturated heterocycles. The van der Waals surface area contributed by atoms with Crippen LogP contribution in [0.3, 0.4) is 0 Å². The van der Waals surface area contributed by atoms with Gasteiger partial charge in [0.1, 0.15) is 30.2 Å². The largest absolute Gasteiger partial charge is 0.496 e. The number of benzene rings is 2. The van der Waals surface area contributed by atoms with Crippen molar-refractivity contribution < 1.29 is 23.1 Å². The predicted octanol–water partition coefficient (Wildman–Crippen LogP) is 4.06. The van der Waals surface area contributed by atoms with Gasteiger partial charge in [0.25, 0.3) is 0 Å². The van der Waals surface area contributed by atoms with Crippen LogP contribution in [-0.4, -0.2) is 22.7 Å². The first-order chi connectivity index (χ1) is 14.0. The fourth-order valence-corrected chi connectivity index (χ4v) is 2.94. The van der Waals surface area contributed by atoms with E-state index >= 15 is 0 Å². The Labute approximate surface area is 182 Å². The summed E-state index contributed by atoms with van der Waals surface area (Å²) in [7, 11) is 1.55. The second kappa shape index (κ2) is 9.00. The zero-order chi connectivity index (χ0) is 20.4. The lowest BCUT2D eigenvalue weighted by atomic mass is 10.2. The number of nitrogens with zero attached hydrogens (tertiary/aromatic N) is 2. The Balaban J connectivity index is 0.00000256. The molecule has 0 fully saturated rings. The number of fused-ring (bicyclic) bond motifs is 1. The van der Waals surface area contributed by atoms with Crippen LogP contribution in [0.5, 0.6) is 11.5 Å².